The maximum absolute atomic E-state index is 5.19. The van der Waals surface area contributed by atoms with Crippen molar-refractivity contribution in [3.63, 3.8) is 0 Å². The molecule has 13 aromatic rings. The van der Waals surface area contributed by atoms with Crippen molar-refractivity contribution in [3.8, 4) is 56.2 Å². The SMILES string of the molecule is c1ccc(-c2cc(-c3ccc(-c4ccc(-c5cc6cccc7c8cccc9ccc%10cccc(c%11cccc5c%11c67)c%10c98)cc4)c4ccccc34)nc(-c3ccccc3)n2)cc1. The van der Waals surface area contributed by atoms with Gasteiger partial charge >= 0.3 is 0 Å². The van der Waals surface area contributed by atoms with Gasteiger partial charge in [-0.1, -0.05) is 206 Å². The number of hydrogen-bond acceptors (Lipinski definition) is 2. The minimum Gasteiger partial charge on any atom is -0.228 e. The van der Waals surface area contributed by atoms with Gasteiger partial charge in [0.15, 0.2) is 5.82 Å². The van der Waals surface area contributed by atoms with Crippen LogP contribution < -0.4 is 0 Å². The minimum atomic E-state index is 0.715. The average Bonchev–Trinajstić information content (AvgIpc) is 3.35. The van der Waals surface area contributed by atoms with Gasteiger partial charge in [0.25, 0.3) is 0 Å². The van der Waals surface area contributed by atoms with E-state index in [1.165, 1.54) is 92.3 Å². The molecule has 0 bridgehead atoms. The van der Waals surface area contributed by atoms with Crippen molar-refractivity contribution < 1.29 is 0 Å². The molecule has 0 radical (unpaired) electrons. The van der Waals surface area contributed by atoms with Crippen molar-refractivity contribution in [1.29, 1.82) is 0 Å². The molecule has 13 rings (SSSR count). The van der Waals surface area contributed by atoms with E-state index in [-0.39, 0.29) is 0 Å². The first-order valence-electron chi connectivity index (χ1n) is 21.3. The Morgan fingerprint density at radius 2 is 0.677 bits per heavy atom. The van der Waals surface area contributed by atoms with Gasteiger partial charge in [-0.15, -0.1) is 0 Å². The Labute approximate surface area is 358 Å². The molecule has 0 N–H and O–H groups in total. The lowest BCUT2D eigenvalue weighted by Gasteiger charge is -2.18. The van der Waals surface area contributed by atoms with E-state index in [1.807, 2.05) is 24.3 Å². The molecule has 12 aromatic carbocycles. The van der Waals surface area contributed by atoms with Crippen LogP contribution in [0.4, 0.5) is 0 Å². The van der Waals surface area contributed by atoms with Crippen molar-refractivity contribution in [2.45, 2.75) is 0 Å². The third-order valence-corrected chi connectivity index (χ3v) is 13.0. The molecule has 0 fully saturated rings. The Kier molecular flexibility index (Phi) is 7.64. The van der Waals surface area contributed by atoms with Crippen LogP contribution in [0.3, 0.4) is 0 Å². The molecule has 1 aromatic heterocycles. The van der Waals surface area contributed by atoms with Crippen LogP contribution in [-0.2, 0) is 0 Å². The van der Waals surface area contributed by atoms with Crippen LogP contribution in [0.1, 0.15) is 0 Å². The first-order valence-corrected chi connectivity index (χ1v) is 21.3. The van der Waals surface area contributed by atoms with Crippen molar-refractivity contribution in [1.82, 2.24) is 9.97 Å². The van der Waals surface area contributed by atoms with Gasteiger partial charge in [0, 0.05) is 16.7 Å². The number of nitrogens with zero attached hydrogens (tertiary/aromatic N) is 2. The maximum atomic E-state index is 5.19. The summed E-state index contributed by atoms with van der Waals surface area (Å²) in [6.45, 7) is 0. The molecule has 0 saturated carbocycles. The second-order valence-electron chi connectivity index (χ2n) is 16.4. The highest BCUT2D eigenvalue weighted by Crippen LogP contribution is 2.46. The standard InChI is InChI=1S/C60H36N2/c1-3-13-39(14-4-1)54-36-55(62-60(61-54)42-15-5-2-6-16-42)47-34-33-44(45-20-7-8-21-46(45)47)37-27-29-38(30-28-37)53-35-43-19-11-24-49-48-22-9-17-40-31-32-41-18-10-23-50(57(41)56(40)48)51-25-12-26-52(53)59(51)58(43)49/h1-36H. The van der Waals surface area contributed by atoms with Gasteiger partial charge in [-0.25, -0.2) is 9.97 Å². The monoisotopic (exact) mass is 784 g/mol. The Bertz CT molecular complexity index is 3830. The van der Waals surface area contributed by atoms with Crippen LogP contribution in [0.2, 0.25) is 0 Å². The molecule has 0 spiro atoms. The van der Waals surface area contributed by atoms with E-state index in [0.717, 1.165) is 33.5 Å². The fraction of sp³-hybridized carbons (Fsp3) is 0. The lowest BCUT2D eigenvalue weighted by molar-refractivity contribution is 1.18. The van der Waals surface area contributed by atoms with Crippen LogP contribution in [0, 0.1) is 0 Å². The van der Waals surface area contributed by atoms with Crippen molar-refractivity contribution >= 4 is 75.4 Å². The Hall–Kier alpha value is -8.20. The van der Waals surface area contributed by atoms with Gasteiger partial charge in [-0.05, 0) is 110 Å². The summed E-state index contributed by atoms with van der Waals surface area (Å²) >= 11 is 0. The van der Waals surface area contributed by atoms with Gasteiger partial charge in [-0.3, -0.25) is 0 Å². The highest BCUT2D eigenvalue weighted by molar-refractivity contribution is 6.38. The van der Waals surface area contributed by atoms with E-state index in [2.05, 4.69) is 194 Å². The summed E-state index contributed by atoms with van der Waals surface area (Å²) in [5.74, 6) is 0.715. The smallest absolute Gasteiger partial charge is 0.160 e. The van der Waals surface area contributed by atoms with Crippen LogP contribution in [-0.4, -0.2) is 9.97 Å². The average molecular weight is 785 g/mol. The predicted molar refractivity (Wildman–Crippen MR) is 263 cm³/mol. The first kappa shape index (κ1) is 34.6. The number of fused-ring (bicyclic) bond motifs is 3. The van der Waals surface area contributed by atoms with Crippen LogP contribution in [0.25, 0.3) is 132 Å². The van der Waals surface area contributed by atoms with E-state index in [0.29, 0.717) is 5.82 Å². The first-order chi connectivity index (χ1) is 30.7. The summed E-state index contributed by atoms with van der Waals surface area (Å²) in [5.41, 5.74) is 9.74. The maximum Gasteiger partial charge on any atom is 0.160 e. The fourth-order valence-electron chi connectivity index (χ4n) is 10.2. The second-order valence-corrected chi connectivity index (χ2v) is 16.4. The van der Waals surface area contributed by atoms with Crippen LogP contribution >= 0.6 is 0 Å². The van der Waals surface area contributed by atoms with Gasteiger partial charge in [0.05, 0.1) is 11.4 Å². The lowest BCUT2D eigenvalue weighted by atomic mass is 9.85. The van der Waals surface area contributed by atoms with E-state index in [9.17, 15) is 0 Å². The zero-order valence-corrected chi connectivity index (χ0v) is 33.7. The van der Waals surface area contributed by atoms with Gasteiger partial charge < -0.3 is 0 Å². The molecule has 0 aliphatic carbocycles. The molecule has 0 aliphatic rings. The van der Waals surface area contributed by atoms with Crippen LogP contribution in [0.15, 0.2) is 218 Å². The van der Waals surface area contributed by atoms with Crippen molar-refractivity contribution in [2.75, 3.05) is 0 Å². The molecule has 2 heteroatoms. The highest BCUT2D eigenvalue weighted by atomic mass is 14.9. The summed E-state index contributed by atoms with van der Waals surface area (Å²) in [7, 11) is 0. The molecular formula is C60H36N2. The second kappa shape index (κ2) is 13.7. The highest BCUT2D eigenvalue weighted by Gasteiger charge is 2.19. The van der Waals surface area contributed by atoms with Gasteiger partial charge in [0.1, 0.15) is 0 Å². The number of rotatable bonds is 5. The normalized spacial score (nSPS) is 11.9. The van der Waals surface area contributed by atoms with Crippen LogP contribution in [0.5, 0.6) is 0 Å². The third-order valence-electron chi connectivity index (χ3n) is 13.0. The summed E-state index contributed by atoms with van der Waals surface area (Å²) in [6.07, 6.45) is 0. The largest absolute Gasteiger partial charge is 0.228 e. The van der Waals surface area contributed by atoms with Crippen molar-refractivity contribution in [3.05, 3.63) is 218 Å². The third kappa shape index (κ3) is 5.30. The van der Waals surface area contributed by atoms with E-state index < -0.39 is 0 Å². The Balaban J connectivity index is 0.978. The number of aromatic nitrogens is 2. The Morgan fingerprint density at radius 3 is 1.32 bits per heavy atom. The molecule has 2 nitrogen and oxygen atoms in total. The molecule has 0 aliphatic heterocycles. The molecule has 0 amide bonds. The topological polar surface area (TPSA) is 25.8 Å². The van der Waals surface area contributed by atoms with Gasteiger partial charge in [-0.2, -0.15) is 0 Å². The van der Waals surface area contributed by atoms with E-state index >= 15 is 0 Å². The summed E-state index contributed by atoms with van der Waals surface area (Å²) in [4.78, 5) is 10.2. The molecule has 286 valence electrons. The molecular weight excluding hydrogens is 749 g/mol. The lowest BCUT2D eigenvalue weighted by Crippen LogP contribution is -1.96. The van der Waals surface area contributed by atoms with E-state index in [1.54, 1.807) is 0 Å². The molecule has 1 heterocycles. The fourth-order valence-corrected chi connectivity index (χ4v) is 10.2. The quantitative estimate of drug-likeness (QED) is 0.162. The Morgan fingerprint density at radius 1 is 0.226 bits per heavy atom. The zero-order chi connectivity index (χ0) is 40.7. The molecule has 62 heavy (non-hydrogen) atoms. The zero-order valence-electron chi connectivity index (χ0n) is 33.7. The minimum absolute atomic E-state index is 0.715. The predicted octanol–water partition coefficient (Wildman–Crippen LogP) is 16.3. The summed E-state index contributed by atoms with van der Waals surface area (Å²) < 4.78 is 0. The van der Waals surface area contributed by atoms with Crippen molar-refractivity contribution in [2.24, 2.45) is 0 Å². The van der Waals surface area contributed by atoms with E-state index in [4.69, 9.17) is 9.97 Å². The van der Waals surface area contributed by atoms with Gasteiger partial charge in [0.2, 0.25) is 0 Å². The summed E-state index contributed by atoms with van der Waals surface area (Å²) in [5, 5.41) is 17.9. The molecule has 0 atom stereocenters. The number of hydrogen-bond donors (Lipinski definition) is 0. The number of benzene rings is 11. The molecule has 0 unspecified atom stereocenters. The summed E-state index contributed by atoms with van der Waals surface area (Å²) in [6, 6.07) is 79.4. The molecule has 0 saturated heterocycles.